The first-order chi connectivity index (χ1) is 14.5. The maximum Gasteiger partial charge on any atom is 0.223 e. The van der Waals surface area contributed by atoms with Crippen LogP contribution in [0.25, 0.3) is 5.57 Å². The van der Waals surface area contributed by atoms with Crippen LogP contribution in [0, 0.1) is 0 Å². The van der Waals surface area contributed by atoms with Gasteiger partial charge in [0.25, 0.3) is 0 Å². The molecule has 2 aromatic rings. The molecule has 1 amide bonds. The Morgan fingerprint density at radius 3 is 2.23 bits per heavy atom. The number of fused-ring (bicyclic) bond motifs is 1. The first-order valence-electron chi connectivity index (χ1n) is 10.6. The second-order valence-corrected chi connectivity index (χ2v) is 8.13. The Hall–Kier alpha value is -2.95. The molecule has 1 unspecified atom stereocenters. The van der Waals surface area contributed by atoms with Crippen molar-refractivity contribution >= 4 is 17.2 Å². The fourth-order valence-electron chi connectivity index (χ4n) is 4.55. The Bertz CT molecular complexity index is 959. The number of carbonyl (C=O) groups is 1. The molecule has 0 N–H and O–H groups in total. The van der Waals surface area contributed by atoms with E-state index in [2.05, 4.69) is 36.1 Å². The summed E-state index contributed by atoms with van der Waals surface area (Å²) in [5.74, 6) is 1.45. The molecule has 0 aliphatic carbocycles. The van der Waals surface area contributed by atoms with Crippen LogP contribution in [0.2, 0.25) is 0 Å². The smallest absolute Gasteiger partial charge is 0.223 e. The maximum absolute atomic E-state index is 12.4. The Labute approximate surface area is 178 Å². The summed E-state index contributed by atoms with van der Waals surface area (Å²) in [5.41, 5.74) is 5.61. The fourth-order valence-corrected chi connectivity index (χ4v) is 4.55. The first kappa shape index (κ1) is 20.3. The molecule has 5 heteroatoms. The summed E-state index contributed by atoms with van der Waals surface area (Å²) in [6, 6.07) is 12.8. The lowest BCUT2D eigenvalue weighted by atomic mass is 9.92. The minimum absolute atomic E-state index is 0.0421. The van der Waals surface area contributed by atoms with Crippen LogP contribution in [0.1, 0.15) is 43.4 Å². The van der Waals surface area contributed by atoms with E-state index >= 15 is 0 Å². The monoisotopic (exact) mass is 406 g/mol. The lowest BCUT2D eigenvalue weighted by Crippen LogP contribution is -2.33. The largest absolute Gasteiger partial charge is 0.493 e. The average molecular weight is 407 g/mol. The lowest BCUT2D eigenvalue weighted by Gasteiger charge is -2.23. The zero-order valence-corrected chi connectivity index (χ0v) is 18.3. The zero-order chi connectivity index (χ0) is 21.3. The highest BCUT2D eigenvalue weighted by atomic mass is 16.5. The number of rotatable bonds is 4. The Balaban J connectivity index is 1.82. The topological polar surface area (TPSA) is 42.0 Å². The van der Waals surface area contributed by atoms with E-state index in [-0.39, 0.29) is 11.9 Å². The number of hydrogen-bond donors (Lipinski definition) is 0. The van der Waals surface area contributed by atoms with Crippen molar-refractivity contribution in [1.82, 2.24) is 4.90 Å². The number of hydrogen-bond acceptors (Lipinski definition) is 4. The van der Waals surface area contributed by atoms with Gasteiger partial charge in [-0.15, -0.1) is 0 Å². The molecule has 2 aromatic carbocycles. The predicted molar refractivity (Wildman–Crippen MR) is 120 cm³/mol. The zero-order valence-electron chi connectivity index (χ0n) is 18.3. The summed E-state index contributed by atoms with van der Waals surface area (Å²) in [4.78, 5) is 16.7. The van der Waals surface area contributed by atoms with Gasteiger partial charge in [0.05, 0.1) is 14.2 Å². The number of methoxy groups -OCH3 is 2. The maximum atomic E-state index is 12.4. The first-order valence-corrected chi connectivity index (χ1v) is 10.6. The van der Waals surface area contributed by atoms with Crippen molar-refractivity contribution in [2.75, 3.05) is 32.2 Å². The minimum Gasteiger partial charge on any atom is -0.493 e. The van der Waals surface area contributed by atoms with E-state index in [9.17, 15) is 4.79 Å². The van der Waals surface area contributed by atoms with E-state index in [1.54, 1.807) is 21.1 Å². The highest BCUT2D eigenvalue weighted by molar-refractivity contribution is 5.87. The van der Waals surface area contributed by atoms with Crippen LogP contribution < -0.4 is 14.4 Å². The lowest BCUT2D eigenvalue weighted by molar-refractivity contribution is -0.127. The molecule has 158 valence electrons. The van der Waals surface area contributed by atoms with Crippen LogP contribution >= 0.6 is 0 Å². The molecule has 5 nitrogen and oxygen atoms in total. The highest BCUT2D eigenvalue weighted by Crippen LogP contribution is 2.39. The van der Waals surface area contributed by atoms with E-state index in [0.29, 0.717) is 11.5 Å². The number of ether oxygens (including phenoxy) is 2. The van der Waals surface area contributed by atoms with Crippen LogP contribution in [0.3, 0.4) is 0 Å². The summed E-state index contributed by atoms with van der Waals surface area (Å²) in [5, 5.41) is 0. The predicted octanol–water partition coefficient (Wildman–Crippen LogP) is 4.49. The van der Waals surface area contributed by atoms with Crippen molar-refractivity contribution in [3.63, 3.8) is 0 Å². The number of amides is 1. The van der Waals surface area contributed by atoms with Crippen LogP contribution in [0.15, 0.2) is 42.6 Å². The Morgan fingerprint density at radius 2 is 1.63 bits per heavy atom. The van der Waals surface area contributed by atoms with E-state index in [1.165, 1.54) is 18.5 Å². The quantitative estimate of drug-likeness (QED) is 0.750. The summed E-state index contributed by atoms with van der Waals surface area (Å²) in [6.07, 6.45) is 5.26. The summed E-state index contributed by atoms with van der Waals surface area (Å²) < 4.78 is 11.1. The molecule has 1 fully saturated rings. The molecule has 30 heavy (non-hydrogen) atoms. The van der Waals surface area contributed by atoms with Gasteiger partial charge >= 0.3 is 0 Å². The van der Waals surface area contributed by atoms with Gasteiger partial charge in [0.15, 0.2) is 11.5 Å². The summed E-state index contributed by atoms with van der Waals surface area (Å²) >= 11 is 0. The molecule has 0 radical (unpaired) electrons. The number of benzene rings is 2. The standard InChI is InChI=1S/C25H30N2O3/c1-17-13-20-14-24(29-3)25(30-4)15-22(20)23(16-27(17)18(2)28)19-7-9-21(10-8-19)26-11-5-6-12-26/h7-10,14-17H,5-6,11-13H2,1-4H3. The van der Waals surface area contributed by atoms with Gasteiger partial charge < -0.3 is 19.3 Å². The van der Waals surface area contributed by atoms with Gasteiger partial charge in [0.2, 0.25) is 5.91 Å². The minimum atomic E-state index is 0.0421. The molecular formula is C25H30N2O3. The van der Waals surface area contributed by atoms with Crippen molar-refractivity contribution < 1.29 is 14.3 Å². The van der Waals surface area contributed by atoms with E-state index in [1.807, 2.05) is 23.2 Å². The molecule has 2 heterocycles. The molecule has 0 spiro atoms. The molecule has 4 rings (SSSR count). The van der Waals surface area contributed by atoms with E-state index < -0.39 is 0 Å². The van der Waals surface area contributed by atoms with Crippen molar-refractivity contribution in [2.45, 2.75) is 39.2 Å². The SMILES string of the molecule is COc1cc2c(cc1OC)C(c1ccc(N3CCCC3)cc1)=CN(C(C)=O)C(C)C2. The number of nitrogens with zero attached hydrogens (tertiary/aromatic N) is 2. The molecule has 1 saturated heterocycles. The van der Waals surface area contributed by atoms with Gasteiger partial charge in [-0.1, -0.05) is 12.1 Å². The molecule has 1 atom stereocenters. The van der Waals surface area contributed by atoms with E-state index in [4.69, 9.17) is 9.47 Å². The van der Waals surface area contributed by atoms with Gasteiger partial charge in [-0.2, -0.15) is 0 Å². The normalized spacial score (nSPS) is 18.5. The molecule has 2 aliphatic heterocycles. The fraction of sp³-hybridized carbons (Fsp3) is 0.400. The van der Waals surface area contributed by atoms with Crippen molar-refractivity contribution in [3.05, 3.63) is 59.3 Å². The number of anilines is 1. The van der Waals surface area contributed by atoms with E-state index in [0.717, 1.165) is 41.8 Å². The third-order valence-electron chi connectivity index (χ3n) is 6.17. The molecule has 2 aliphatic rings. The van der Waals surface area contributed by atoms with Gasteiger partial charge in [0, 0.05) is 43.5 Å². The Morgan fingerprint density at radius 1 is 1.00 bits per heavy atom. The second-order valence-electron chi connectivity index (χ2n) is 8.13. The van der Waals surface area contributed by atoms with Gasteiger partial charge in [-0.3, -0.25) is 4.79 Å². The highest BCUT2D eigenvalue weighted by Gasteiger charge is 2.26. The van der Waals surface area contributed by atoms with Crippen LogP contribution in [-0.2, 0) is 11.2 Å². The number of carbonyl (C=O) groups excluding carboxylic acids is 1. The second kappa shape index (κ2) is 8.42. The molecule has 0 bridgehead atoms. The molecule has 0 saturated carbocycles. The Kier molecular flexibility index (Phi) is 5.71. The third kappa shape index (κ3) is 3.76. The summed E-state index contributed by atoms with van der Waals surface area (Å²) in [6.45, 7) is 5.95. The molecular weight excluding hydrogens is 376 g/mol. The van der Waals surface area contributed by atoms with Crippen LogP contribution in [-0.4, -0.2) is 44.2 Å². The van der Waals surface area contributed by atoms with Crippen LogP contribution in [0.4, 0.5) is 5.69 Å². The van der Waals surface area contributed by atoms with Crippen molar-refractivity contribution in [2.24, 2.45) is 0 Å². The van der Waals surface area contributed by atoms with Crippen molar-refractivity contribution in [3.8, 4) is 11.5 Å². The van der Waals surface area contributed by atoms with Gasteiger partial charge in [-0.25, -0.2) is 0 Å². The average Bonchev–Trinajstić information content (AvgIpc) is 3.24. The third-order valence-corrected chi connectivity index (χ3v) is 6.17. The molecule has 0 aromatic heterocycles. The van der Waals surface area contributed by atoms with Crippen LogP contribution in [0.5, 0.6) is 11.5 Å². The van der Waals surface area contributed by atoms with Gasteiger partial charge in [0.1, 0.15) is 0 Å². The van der Waals surface area contributed by atoms with Crippen molar-refractivity contribution in [1.29, 1.82) is 0 Å². The summed E-state index contributed by atoms with van der Waals surface area (Å²) in [7, 11) is 3.31. The van der Waals surface area contributed by atoms with Gasteiger partial charge in [-0.05, 0) is 67.1 Å².